The molecular weight excluding hydrogens is 496 g/mol. The molecule has 0 aromatic heterocycles. The zero-order valence-electron chi connectivity index (χ0n) is 22.6. The molecule has 0 aliphatic rings. The molecule has 0 aliphatic carbocycles. The van der Waals surface area contributed by atoms with Gasteiger partial charge in [-0.15, -0.1) is 0 Å². The van der Waals surface area contributed by atoms with Crippen LogP contribution in [0.15, 0.2) is 91.0 Å². The molecule has 8 heteroatoms. The van der Waals surface area contributed by atoms with E-state index in [4.69, 9.17) is 9.47 Å². The van der Waals surface area contributed by atoms with E-state index in [9.17, 15) is 19.8 Å². The third-order valence-corrected chi connectivity index (χ3v) is 5.99. The Balaban J connectivity index is 1.78. The summed E-state index contributed by atoms with van der Waals surface area (Å²) in [6.45, 7) is 5.28. The lowest BCUT2D eigenvalue weighted by atomic mass is 9.91. The van der Waals surface area contributed by atoms with Crippen LogP contribution in [0.2, 0.25) is 0 Å². The molecule has 208 valence electrons. The van der Waals surface area contributed by atoms with Gasteiger partial charge in [-0.1, -0.05) is 91.0 Å². The average molecular weight is 535 g/mol. The minimum atomic E-state index is -1.45. The molecule has 2 amide bonds. The summed E-state index contributed by atoms with van der Waals surface area (Å²) < 4.78 is 10.8. The monoisotopic (exact) mass is 534 g/mol. The van der Waals surface area contributed by atoms with Gasteiger partial charge in [-0.3, -0.25) is 0 Å². The fourth-order valence-corrected chi connectivity index (χ4v) is 4.10. The molecule has 4 N–H and O–H groups in total. The third kappa shape index (κ3) is 10.4. The highest BCUT2D eigenvalue weighted by Gasteiger charge is 2.35. The minimum Gasteiger partial charge on any atom is -0.445 e. The molecule has 0 radical (unpaired) electrons. The number of carbonyl (C=O) groups excluding carboxylic acids is 2. The molecule has 3 rings (SSSR count). The number of rotatable bonds is 11. The second-order valence-electron chi connectivity index (χ2n) is 10.4. The van der Waals surface area contributed by atoms with Crippen molar-refractivity contribution < 1.29 is 29.3 Å². The maximum atomic E-state index is 12.7. The van der Waals surface area contributed by atoms with E-state index in [1.807, 2.05) is 91.0 Å². The van der Waals surface area contributed by atoms with E-state index in [1.54, 1.807) is 20.8 Å². The van der Waals surface area contributed by atoms with Crippen LogP contribution in [0.25, 0.3) is 0 Å². The fourth-order valence-electron chi connectivity index (χ4n) is 4.10. The topological polar surface area (TPSA) is 117 Å². The number of hydrogen-bond acceptors (Lipinski definition) is 6. The Labute approximate surface area is 230 Å². The van der Waals surface area contributed by atoms with Crippen molar-refractivity contribution >= 4 is 12.2 Å². The van der Waals surface area contributed by atoms with E-state index < -0.39 is 42.1 Å². The highest BCUT2D eigenvalue weighted by molar-refractivity contribution is 5.68. The van der Waals surface area contributed by atoms with E-state index >= 15 is 0 Å². The number of hydrogen-bond donors (Lipinski definition) is 4. The van der Waals surface area contributed by atoms with Crippen molar-refractivity contribution in [3.05, 3.63) is 108 Å². The molecule has 8 nitrogen and oxygen atoms in total. The van der Waals surface area contributed by atoms with Crippen molar-refractivity contribution in [2.45, 2.75) is 70.1 Å². The third-order valence-electron chi connectivity index (χ3n) is 5.99. The summed E-state index contributed by atoms with van der Waals surface area (Å²) in [5.41, 5.74) is 1.76. The SMILES string of the molecule is CC(C)(C)OC(=O)N[C@@H](Cc1ccccc1)[C@@H](O)[C@@H](O)[C@H](Cc1ccccc1)NC(=O)OCc1ccccc1. The molecule has 39 heavy (non-hydrogen) atoms. The summed E-state index contributed by atoms with van der Waals surface area (Å²) in [6, 6.07) is 26.0. The maximum absolute atomic E-state index is 12.7. The second kappa shape index (κ2) is 14.3. The first-order valence-electron chi connectivity index (χ1n) is 13.0. The number of ether oxygens (including phenoxy) is 2. The zero-order chi connectivity index (χ0) is 28.3. The van der Waals surface area contributed by atoms with Crippen molar-refractivity contribution in [3.63, 3.8) is 0 Å². The van der Waals surface area contributed by atoms with Gasteiger partial charge in [-0.25, -0.2) is 9.59 Å². The summed E-state index contributed by atoms with van der Waals surface area (Å²) in [7, 11) is 0. The Morgan fingerprint density at radius 1 is 0.667 bits per heavy atom. The second-order valence-corrected chi connectivity index (χ2v) is 10.4. The largest absolute Gasteiger partial charge is 0.445 e. The quantitative estimate of drug-likeness (QED) is 0.290. The van der Waals surface area contributed by atoms with Crippen LogP contribution in [0.3, 0.4) is 0 Å². The summed E-state index contributed by atoms with van der Waals surface area (Å²) in [5.74, 6) is 0. The van der Waals surface area contributed by atoms with Gasteiger partial charge < -0.3 is 30.3 Å². The smallest absolute Gasteiger partial charge is 0.407 e. The van der Waals surface area contributed by atoms with E-state index in [0.717, 1.165) is 16.7 Å². The van der Waals surface area contributed by atoms with Gasteiger partial charge in [0.1, 0.15) is 24.4 Å². The highest BCUT2D eigenvalue weighted by Crippen LogP contribution is 2.16. The normalized spacial score (nSPS) is 14.4. The zero-order valence-corrected chi connectivity index (χ0v) is 22.6. The van der Waals surface area contributed by atoms with Crippen LogP contribution in [0.1, 0.15) is 37.5 Å². The number of aliphatic hydroxyl groups excluding tert-OH is 2. The van der Waals surface area contributed by atoms with Crippen LogP contribution in [-0.4, -0.2) is 52.3 Å². The predicted molar refractivity (Wildman–Crippen MR) is 149 cm³/mol. The molecule has 0 spiro atoms. The van der Waals surface area contributed by atoms with E-state index in [1.165, 1.54) is 0 Å². The maximum Gasteiger partial charge on any atom is 0.407 e. The highest BCUT2D eigenvalue weighted by atomic mass is 16.6. The molecule has 4 atom stereocenters. The Kier molecular flexibility index (Phi) is 10.9. The molecule has 0 aliphatic heterocycles. The average Bonchev–Trinajstić information content (AvgIpc) is 2.91. The standard InChI is InChI=1S/C31H38N2O6/c1-31(2,3)39-30(37)33-26(20-23-15-9-5-10-16-23)28(35)27(34)25(19-22-13-7-4-8-14-22)32-29(36)38-21-24-17-11-6-12-18-24/h4-18,25-28,34-35H,19-21H2,1-3H3,(H,32,36)(H,33,37)/t25-,26-,27-,28+/m0/s1. The number of nitrogens with one attached hydrogen (secondary N) is 2. The van der Waals surface area contributed by atoms with Gasteiger partial charge in [0, 0.05) is 0 Å². The lowest BCUT2D eigenvalue weighted by molar-refractivity contribution is -0.0268. The van der Waals surface area contributed by atoms with E-state index in [0.29, 0.717) is 0 Å². The summed E-state index contributed by atoms with van der Waals surface area (Å²) in [6.07, 6.45) is -3.88. The lowest BCUT2D eigenvalue weighted by Gasteiger charge is -2.33. The molecule has 3 aromatic carbocycles. The summed E-state index contributed by atoms with van der Waals surface area (Å²) in [5, 5.41) is 28.1. The van der Waals surface area contributed by atoms with Crippen molar-refractivity contribution in [2.75, 3.05) is 0 Å². The van der Waals surface area contributed by atoms with Gasteiger partial charge in [-0.2, -0.15) is 0 Å². The molecule has 0 unspecified atom stereocenters. The van der Waals surface area contributed by atoms with Gasteiger partial charge in [-0.05, 0) is 50.3 Å². The molecule has 0 fully saturated rings. The first-order valence-corrected chi connectivity index (χ1v) is 13.0. The number of alkyl carbamates (subject to hydrolysis) is 2. The number of benzene rings is 3. The van der Waals surface area contributed by atoms with Gasteiger partial charge in [0.05, 0.1) is 12.1 Å². The van der Waals surface area contributed by atoms with Gasteiger partial charge in [0.15, 0.2) is 0 Å². The Bertz CT molecular complexity index is 1150. The Morgan fingerprint density at radius 3 is 1.46 bits per heavy atom. The van der Waals surface area contributed by atoms with Gasteiger partial charge in [0.2, 0.25) is 0 Å². The molecular formula is C31H38N2O6. The first-order chi connectivity index (χ1) is 18.6. The van der Waals surface area contributed by atoms with Crippen LogP contribution in [0.5, 0.6) is 0 Å². The summed E-state index contributed by atoms with van der Waals surface area (Å²) >= 11 is 0. The number of aliphatic hydroxyl groups is 2. The van der Waals surface area contributed by atoms with Crippen molar-refractivity contribution in [2.24, 2.45) is 0 Å². The molecule has 0 saturated heterocycles. The van der Waals surface area contributed by atoms with Crippen molar-refractivity contribution in [1.29, 1.82) is 0 Å². The van der Waals surface area contributed by atoms with Gasteiger partial charge >= 0.3 is 12.2 Å². The predicted octanol–water partition coefficient (Wildman–Crippen LogP) is 4.38. The van der Waals surface area contributed by atoms with E-state index in [2.05, 4.69) is 10.6 Å². The molecule has 0 saturated carbocycles. The molecule has 0 bridgehead atoms. The van der Waals surface area contributed by atoms with Crippen molar-refractivity contribution in [3.8, 4) is 0 Å². The van der Waals surface area contributed by atoms with E-state index in [-0.39, 0.29) is 19.4 Å². The first kappa shape index (κ1) is 29.7. The van der Waals surface area contributed by atoms with Crippen LogP contribution in [-0.2, 0) is 28.9 Å². The van der Waals surface area contributed by atoms with Crippen LogP contribution < -0.4 is 10.6 Å². The minimum absolute atomic E-state index is 0.0558. The summed E-state index contributed by atoms with van der Waals surface area (Å²) in [4.78, 5) is 25.4. The Morgan fingerprint density at radius 2 is 1.05 bits per heavy atom. The molecule has 0 heterocycles. The number of amides is 2. The van der Waals surface area contributed by atoms with Gasteiger partial charge in [0.25, 0.3) is 0 Å². The van der Waals surface area contributed by atoms with Crippen LogP contribution >= 0.6 is 0 Å². The van der Waals surface area contributed by atoms with Crippen molar-refractivity contribution in [1.82, 2.24) is 10.6 Å². The van der Waals surface area contributed by atoms with Crippen LogP contribution in [0.4, 0.5) is 9.59 Å². The lowest BCUT2D eigenvalue weighted by Crippen LogP contribution is -2.57. The Hall–Kier alpha value is -3.88. The number of carbonyl (C=O) groups is 2. The van der Waals surface area contributed by atoms with Crippen LogP contribution in [0, 0.1) is 0 Å². The fraction of sp³-hybridized carbons (Fsp3) is 0.355. The molecule has 3 aromatic rings.